The van der Waals surface area contributed by atoms with E-state index in [1.807, 2.05) is 55.0 Å². The average Bonchev–Trinajstić information content (AvgIpc) is 3.50. The zero-order chi connectivity index (χ0) is 25.4. The maximum Gasteiger partial charge on any atom is 0.142 e. The summed E-state index contributed by atoms with van der Waals surface area (Å²) in [5.74, 6) is -0.451. The molecule has 0 amide bonds. The summed E-state index contributed by atoms with van der Waals surface area (Å²) in [6.45, 7) is 4.65. The quantitative estimate of drug-likeness (QED) is 0.254. The average molecular weight is 535 g/mol. The number of rotatable bonds is 6. The van der Waals surface area contributed by atoms with E-state index in [9.17, 15) is 4.39 Å². The summed E-state index contributed by atoms with van der Waals surface area (Å²) in [5.41, 5.74) is 6.70. The highest BCUT2D eigenvalue weighted by Gasteiger charge is 2.21. The van der Waals surface area contributed by atoms with Crippen molar-refractivity contribution in [3.05, 3.63) is 100 Å². The summed E-state index contributed by atoms with van der Waals surface area (Å²) < 4.78 is 22.2. The largest absolute Gasteiger partial charge is 0.379 e. The van der Waals surface area contributed by atoms with Gasteiger partial charge in [-0.15, -0.1) is 0 Å². The van der Waals surface area contributed by atoms with E-state index >= 15 is 0 Å². The van der Waals surface area contributed by atoms with Gasteiger partial charge in [0.25, 0.3) is 0 Å². The third-order valence-electron chi connectivity index (χ3n) is 6.87. The first-order valence-electron chi connectivity index (χ1n) is 12.2. The van der Waals surface area contributed by atoms with Crippen molar-refractivity contribution in [2.45, 2.75) is 13.1 Å². The number of imidazole rings is 1. The maximum atomic E-state index is 14.5. The first kappa shape index (κ1) is 24.2. The SMILES string of the molecule is Fc1cc2c(-c3c(-c4ccccc4)ncn3Cc3ccc(Cl)cc3CN3CCOCC3)c[nH]c2cc1Cl. The molecule has 0 saturated carbocycles. The number of fused-ring (bicyclic) bond motifs is 1. The van der Waals surface area contributed by atoms with Gasteiger partial charge in [-0.3, -0.25) is 4.90 Å². The summed E-state index contributed by atoms with van der Waals surface area (Å²) in [5, 5.41) is 1.56. The Labute approximate surface area is 224 Å². The molecular formula is C29H25Cl2FN4O. The van der Waals surface area contributed by atoms with Crippen molar-refractivity contribution in [3.8, 4) is 22.5 Å². The standard InChI is InChI=1S/C29H25Cl2FN4O/c30-22-7-6-20(21(12-22)16-35-8-10-37-11-9-35)17-36-18-34-28(19-4-2-1-3-5-19)29(36)24-15-33-27-14-25(31)26(32)13-23(24)27/h1-7,12-15,18,33H,8-11,16-17H2. The number of halogens is 3. The second-order valence-corrected chi connectivity index (χ2v) is 10.1. The van der Waals surface area contributed by atoms with Crippen LogP contribution in [0.25, 0.3) is 33.4 Å². The molecule has 0 spiro atoms. The molecule has 6 rings (SSSR count). The minimum absolute atomic E-state index is 0.0895. The number of morpholine rings is 1. The van der Waals surface area contributed by atoms with Crippen LogP contribution in [0, 0.1) is 5.82 Å². The highest BCUT2D eigenvalue weighted by atomic mass is 35.5. The van der Waals surface area contributed by atoms with Crippen molar-refractivity contribution in [1.29, 1.82) is 0 Å². The minimum atomic E-state index is -0.451. The third kappa shape index (κ3) is 4.90. The lowest BCUT2D eigenvalue weighted by Gasteiger charge is -2.27. The van der Waals surface area contributed by atoms with Crippen LogP contribution in [0.15, 0.2) is 73.2 Å². The molecule has 37 heavy (non-hydrogen) atoms. The van der Waals surface area contributed by atoms with E-state index in [1.165, 1.54) is 11.6 Å². The Morgan fingerprint density at radius 3 is 2.57 bits per heavy atom. The Morgan fingerprint density at radius 2 is 1.76 bits per heavy atom. The van der Waals surface area contributed by atoms with Crippen molar-refractivity contribution < 1.29 is 9.13 Å². The first-order valence-corrected chi connectivity index (χ1v) is 13.0. The molecule has 0 unspecified atom stereocenters. The van der Waals surface area contributed by atoms with Crippen LogP contribution in [0.2, 0.25) is 10.0 Å². The molecular weight excluding hydrogens is 510 g/mol. The summed E-state index contributed by atoms with van der Waals surface area (Å²) in [6, 6.07) is 19.2. The van der Waals surface area contributed by atoms with Gasteiger partial charge in [0.15, 0.2) is 0 Å². The lowest BCUT2D eigenvalue weighted by Crippen LogP contribution is -2.35. The van der Waals surface area contributed by atoms with Gasteiger partial charge in [0.05, 0.1) is 36.0 Å². The van der Waals surface area contributed by atoms with Gasteiger partial charge in [-0.2, -0.15) is 0 Å². The number of H-pyrrole nitrogens is 1. The number of benzene rings is 3. The molecule has 2 aromatic heterocycles. The first-order chi connectivity index (χ1) is 18.1. The fraction of sp³-hybridized carbons (Fsp3) is 0.207. The molecule has 0 bridgehead atoms. The van der Waals surface area contributed by atoms with Crippen LogP contribution in [0.5, 0.6) is 0 Å². The van der Waals surface area contributed by atoms with Gasteiger partial charge in [0, 0.05) is 59.4 Å². The van der Waals surface area contributed by atoms with E-state index in [0.29, 0.717) is 11.6 Å². The monoisotopic (exact) mass is 534 g/mol. The Kier molecular flexibility index (Phi) is 6.74. The van der Waals surface area contributed by atoms with Crippen LogP contribution < -0.4 is 0 Å². The van der Waals surface area contributed by atoms with E-state index in [1.54, 1.807) is 6.07 Å². The second-order valence-electron chi connectivity index (χ2n) is 9.25. The maximum absolute atomic E-state index is 14.5. The highest BCUT2D eigenvalue weighted by molar-refractivity contribution is 6.31. The van der Waals surface area contributed by atoms with Gasteiger partial charge in [0.1, 0.15) is 5.82 Å². The van der Waals surface area contributed by atoms with Crippen molar-refractivity contribution in [2.24, 2.45) is 0 Å². The zero-order valence-electron chi connectivity index (χ0n) is 20.1. The zero-order valence-corrected chi connectivity index (χ0v) is 21.6. The Balaban J connectivity index is 1.46. The molecule has 3 aromatic carbocycles. The molecule has 188 valence electrons. The van der Waals surface area contributed by atoms with Crippen molar-refractivity contribution in [1.82, 2.24) is 19.4 Å². The van der Waals surface area contributed by atoms with E-state index in [4.69, 9.17) is 32.9 Å². The van der Waals surface area contributed by atoms with Crippen molar-refractivity contribution in [2.75, 3.05) is 26.3 Å². The van der Waals surface area contributed by atoms with Gasteiger partial charge in [-0.05, 0) is 35.4 Å². The van der Waals surface area contributed by atoms with Crippen LogP contribution in [0.3, 0.4) is 0 Å². The lowest BCUT2D eigenvalue weighted by molar-refractivity contribution is 0.0340. The van der Waals surface area contributed by atoms with Gasteiger partial charge in [-0.1, -0.05) is 59.6 Å². The van der Waals surface area contributed by atoms with E-state index < -0.39 is 5.82 Å². The molecule has 5 aromatic rings. The Hall–Kier alpha value is -3.16. The molecule has 0 radical (unpaired) electrons. The van der Waals surface area contributed by atoms with E-state index in [0.717, 1.165) is 71.8 Å². The predicted molar refractivity (Wildman–Crippen MR) is 147 cm³/mol. The van der Waals surface area contributed by atoms with Gasteiger partial charge in [0.2, 0.25) is 0 Å². The van der Waals surface area contributed by atoms with Gasteiger partial charge >= 0.3 is 0 Å². The minimum Gasteiger partial charge on any atom is -0.379 e. The van der Waals surface area contributed by atoms with Gasteiger partial charge in [-0.25, -0.2) is 9.37 Å². The van der Waals surface area contributed by atoms with Crippen molar-refractivity contribution in [3.63, 3.8) is 0 Å². The van der Waals surface area contributed by atoms with E-state index in [-0.39, 0.29) is 5.02 Å². The van der Waals surface area contributed by atoms with Gasteiger partial charge < -0.3 is 14.3 Å². The number of aromatic nitrogens is 3. The van der Waals surface area contributed by atoms with E-state index in [2.05, 4.69) is 20.5 Å². The van der Waals surface area contributed by atoms with Crippen LogP contribution in [0.1, 0.15) is 11.1 Å². The number of hydrogen-bond acceptors (Lipinski definition) is 3. The topological polar surface area (TPSA) is 46.1 Å². The lowest BCUT2D eigenvalue weighted by atomic mass is 10.0. The fourth-order valence-electron chi connectivity index (χ4n) is 4.98. The molecule has 1 N–H and O–H groups in total. The van der Waals surface area contributed by atoms with Crippen molar-refractivity contribution >= 4 is 34.1 Å². The molecule has 8 heteroatoms. The number of nitrogens with zero attached hydrogens (tertiary/aromatic N) is 3. The normalized spacial score (nSPS) is 14.5. The van der Waals surface area contributed by atoms with Crippen LogP contribution in [0.4, 0.5) is 4.39 Å². The summed E-state index contributed by atoms with van der Waals surface area (Å²) in [7, 11) is 0. The molecule has 1 saturated heterocycles. The molecule has 5 nitrogen and oxygen atoms in total. The van der Waals surface area contributed by atoms with Crippen LogP contribution in [-0.2, 0) is 17.8 Å². The number of aromatic amines is 1. The smallest absolute Gasteiger partial charge is 0.142 e. The summed E-state index contributed by atoms with van der Waals surface area (Å²) in [4.78, 5) is 10.5. The molecule has 1 aliphatic heterocycles. The summed E-state index contributed by atoms with van der Waals surface area (Å²) in [6.07, 6.45) is 3.76. The molecule has 1 fully saturated rings. The molecule has 0 atom stereocenters. The van der Waals surface area contributed by atoms with Crippen LogP contribution in [-0.4, -0.2) is 45.7 Å². The number of ether oxygens (including phenoxy) is 1. The number of nitrogens with one attached hydrogen (secondary N) is 1. The van der Waals surface area contributed by atoms with Crippen LogP contribution >= 0.6 is 23.2 Å². The molecule has 1 aliphatic rings. The Morgan fingerprint density at radius 1 is 0.946 bits per heavy atom. The predicted octanol–water partition coefficient (Wildman–Crippen LogP) is 7.02. The summed E-state index contributed by atoms with van der Waals surface area (Å²) >= 11 is 12.5. The number of hydrogen-bond donors (Lipinski definition) is 1. The fourth-order valence-corrected chi connectivity index (χ4v) is 5.34. The third-order valence-corrected chi connectivity index (χ3v) is 7.39. The molecule has 0 aliphatic carbocycles. The second kappa shape index (κ2) is 10.3. The highest BCUT2D eigenvalue weighted by Crippen LogP contribution is 2.37. The Bertz CT molecular complexity index is 1560. The molecule has 3 heterocycles.